The molecule has 1 aromatic heterocycles. The van der Waals surface area contributed by atoms with Gasteiger partial charge in [0.15, 0.2) is 4.34 Å². The zero-order chi connectivity index (χ0) is 12.1. The van der Waals surface area contributed by atoms with Gasteiger partial charge in [-0.1, -0.05) is 37.9 Å². The fourth-order valence-corrected chi connectivity index (χ4v) is 3.79. The molecule has 0 N–H and O–H groups in total. The number of fused-ring (bicyclic) bond motifs is 1. The summed E-state index contributed by atoms with van der Waals surface area (Å²) in [5, 5.41) is 0. The summed E-state index contributed by atoms with van der Waals surface area (Å²) >= 11 is 3.37. The lowest BCUT2D eigenvalue weighted by Gasteiger charge is -1.96. The number of thioether (sulfide) groups is 1. The molecule has 0 aliphatic rings. The van der Waals surface area contributed by atoms with Crippen molar-refractivity contribution in [3.05, 3.63) is 24.0 Å². The number of aromatic nitrogens is 1. The van der Waals surface area contributed by atoms with E-state index in [0.717, 1.165) is 20.3 Å². The van der Waals surface area contributed by atoms with E-state index in [4.69, 9.17) is 0 Å². The van der Waals surface area contributed by atoms with Gasteiger partial charge in [-0.3, -0.25) is 0 Å². The van der Waals surface area contributed by atoms with Crippen molar-refractivity contribution in [2.24, 2.45) is 0 Å². The average Bonchev–Trinajstić information content (AvgIpc) is 2.70. The highest BCUT2D eigenvalue weighted by molar-refractivity contribution is 8.01. The Kier molecular flexibility index (Phi) is 4.80. The average molecular weight is 269 g/mol. The summed E-state index contributed by atoms with van der Waals surface area (Å²) in [4.78, 5) is 4.49. The van der Waals surface area contributed by atoms with Gasteiger partial charge in [0, 0.05) is 5.75 Å². The van der Waals surface area contributed by atoms with Gasteiger partial charge in [-0.2, -0.15) is 0 Å². The second-order valence-corrected chi connectivity index (χ2v) is 6.37. The maximum absolute atomic E-state index is 13.0. The summed E-state index contributed by atoms with van der Waals surface area (Å²) in [5.41, 5.74) is 0.910. The minimum absolute atomic E-state index is 0.180. The van der Waals surface area contributed by atoms with Crippen LogP contribution in [0.25, 0.3) is 10.2 Å². The molecule has 0 atom stereocenters. The quantitative estimate of drug-likeness (QED) is 0.534. The van der Waals surface area contributed by atoms with Crippen molar-refractivity contribution < 1.29 is 4.39 Å². The molecule has 2 rings (SSSR count). The third-order valence-electron chi connectivity index (χ3n) is 2.55. The van der Waals surface area contributed by atoms with Crippen molar-refractivity contribution in [3.63, 3.8) is 0 Å². The van der Waals surface area contributed by atoms with E-state index in [1.807, 2.05) is 0 Å². The SMILES string of the molecule is CCCCCCSc1nc2ccc(F)cc2s1. The maximum atomic E-state index is 13.0. The van der Waals surface area contributed by atoms with Crippen molar-refractivity contribution in [1.29, 1.82) is 0 Å². The number of rotatable bonds is 6. The summed E-state index contributed by atoms with van der Waals surface area (Å²) in [6, 6.07) is 4.79. The van der Waals surface area contributed by atoms with Gasteiger partial charge < -0.3 is 0 Å². The number of hydrogen-bond acceptors (Lipinski definition) is 3. The van der Waals surface area contributed by atoms with Crippen LogP contribution in [0.5, 0.6) is 0 Å². The fourth-order valence-electron chi connectivity index (χ4n) is 1.63. The predicted octanol–water partition coefficient (Wildman–Crippen LogP) is 5.11. The molecule has 0 spiro atoms. The summed E-state index contributed by atoms with van der Waals surface area (Å²) in [7, 11) is 0. The molecule has 0 unspecified atom stereocenters. The van der Waals surface area contributed by atoms with Crippen LogP contribution in [0, 0.1) is 5.82 Å². The molecule has 1 heterocycles. The van der Waals surface area contributed by atoms with E-state index in [0.29, 0.717) is 0 Å². The van der Waals surface area contributed by atoms with E-state index >= 15 is 0 Å². The second kappa shape index (κ2) is 6.36. The van der Waals surface area contributed by atoms with E-state index in [1.54, 1.807) is 35.2 Å². The van der Waals surface area contributed by atoms with Gasteiger partial charge >= 0.3 is 0 Å². The molecule has 1 nitrogen and oxygen atoms in total. The number of hydrogen-bond donors (Lipinski definition) is 0. The van der Waals surface area contributed by atoms with Crippen LogP contribution in [-0.2, 0) is 0 Å². The van der Waals surface area contributed by atoms with Crippen LogP contribution in [0.2, 0.25) is 0 Å². The molecule has 2 aromatic rings. The molecular formula is C13H16FNS2. The Morgan fingerprint density at radius 1 is 1.29 bits per heavy atom. The molecule has 4 heteroatoms. The second-order valence-electron chi connectivity index (χ2n) is 4.00. The molecule has 0 fully saturated rings. The van der Waals surface area contributed by atoms with Gasteiger partial charge in [-0.05, 0) is 24.6 Å². The van der Waals surface area contributed by atoms with Gasteiger partial charge in [0.1, 0.15) is 5.82 Å². The van der Waals surface area contributed by atoms with Crippen LogP contribution in [0.1, 0.15) is 32.6 Å². The zero-order valence-electron chi connectivity index (χ0n) is 9.91. The smallest absolute Gasteiger partial charge is 0.151 e. The topological polar surface area (TPSA) is 12.9 Å². The normalized spacial score (nSPS) is 11.2. The molecule has 92 valence electrons. The molecule has 17 heavy (non-hydrogen) atoms. The van der Waals surface area contributed by atoms with Gasteiger partial charge in [-0.15, -0.1) is 11.3 Å². The molecule has 0 amide bonds. The van der Waals surface area contributed by atoms with Gasteiger partial charge in [0.25, 0.3) is 0 Å². The lowest BCUT2D eigenvalue weighted by Crippen LogP contribution is -1.80. The van der Waals surface area contributed by atoms with Crippen molar-refractivity contribution in [3.8, 4) is 0 Å². The molecule has 0 saturated heterocycles. The first-order valence-corrected chi connectivity index (χ1v) is 7.78. The third kappa shape index (κ3) is 3.68. The highest BCUT2D eigenvalue weighted by atomic mass is 32.2. The van der Waals surface area contributed by atoms with Crippen LogP contribution in [-0.4, -0.2) is 10.7 Å². The number of benzene rings is 1. The summed E-state index contributed by atoms with van der Waals surface area (Å²) in [6.07, 6.45) is 5.11. The predicted molar refractivity (Wildman–Crippen MR) is 74.4 cm³/mol. The molecule has 1 aromatic carbocycles. The molecular weight excluding hydrogens is 253 g/mol. The Balaban J connectivity index is 1.91. The van der Waals surface area contributed by atoms with E-state index in [1.165, 1.54) is 31.7 Å². The largest absolute Gasteiger partial charge is 0.230 e. The van der Waals surface area contributed by atoms with Crippen molar-refractivity contribution in [2.75, 3.05) is 5.75 Å². The van der Waals surface area contributed by atoms with E-state index < -0.39 is 0 Å². The number of unbranched alkanes of at least 4 members (excludes halogenated alkanes) is 3. The fraction of sp³-hybridized carbons (Fsp3) is 0.462. The van der Waals surface area contributed by atoms with Crippen LogP contribution < -0.4 is 0 Å². The summed E-state index contributed by atoms with van der Waals surface area (Å²) in [5.74, 6) is 0.933. The van der Waals surface area contributed by atoms with Crippen LogP contribution in [0.15, 0.2) is 22.5 Å². The first-order valence-electron chi connectivity index (χ1n) is 5.98. The Morgan fingerprint density at radius 3 is 3.00 bits per heavy atom. The van der Waals surface area contributed by atoms with Crippen LogP contribution in [0.4, 0.5) is 4.39 Å². The summed E-state index contributed by atoms with van der Waals surface area (Å²) < 4.78 is 15.0. The minimum atomic E-state index is -0.180. The maximum Gasteiger partial charge on any atom is 0.151 e. The van der Waals surface area contributed by atoms with Gasteiger partial charge in [0.2, 0.25) is 0 Å². The minimum Gasteiger partial charge on any atom is -0.230 e. The Labute approximate surface area is 109 Å². The van der Waals surface area contributed by atoms with E-state index in [2.05, 4.69) is 11.9 Å². The van der Waals surface area contributed by atoms with Gasteiger partial charge in [-0.25, -0.2) is 9.37 Å². The number of halogens is 1. The van der Waals surface area contributed by atoms with E-state index in [9.17, 15) is 4.39 Å². The lowest BCUT2D eigenvalue weighted by molar-refractivity contribution is 0.630. The Hall–Kier alpha value is -0.610. The Morgan fingerprint density at radius 2 is 2.18 bits per heavy atom. The van der Waals surface area contributed by atoms with E-state index in [-0.39, 0.29) is 5.82 Å². The standard InChI is InChI=1S/C13H16FNS2/c1-2-3-4-5-8-16-13-15-11-7-6-10(14)9-12(11)17-13/h6-7,9H,2-5,8H2,1H3. The lowest BCUT2D eigenvalue weighted by atomic mass is 10.2. The summed E-state index contributed by atoms with van der Waals surface area (Å²) in [6.45, 7) is 2.22. The highest BCUT2D eigenvalue weighted by Gasteiger charge is 2.04. The highest BCUT2D eigenvalue weighted by Crippen LogP contribution is 2.30. The zero-order valence-corrected chi connectivity index (χ0v) is 11.5. The molecule has 0 radical (unpaired) electrons. The molecule has 0 aliphatic heterocycles. The van der Waals surface area contributed by atoms with Gasteiger partial charge in [0.05, 0.1) is 10.2 Å². The molecule has 0 saturated carbocycles. The van der Waals surface area contributed by atoms with Crippen molar-refractivity contribution >= 4 is 33.3 Å². The first-order chi connectivity index (χ1) is 8.29. The molecule has 0 aliphatic carbocycles. The van der Waals surface area contributed by atoms with Crippen LogP contribution >= 0.6 is 23.1 Å². The Bertz CT molecular complexity index is 481. The monoisotopic (exact) mass is 269 g/mol. The van der Waals surface area contributed by atoms with Crippen molar-refractivity contribution in [1.82, 2.24) is 4.98 Å². The molecule has 0 bridgehead atoms. The number of thiazole rings is 1. The third-order valence-corrected chi connectivity index (χ3v) is 4.80. The number of nitrogens with zero attached hydrogens (tertiary/aromatic N) is 1. The first kappa shape index (κ1) is 12.8. The van der Waals surface area contributed by atoms with Crippen molar-refractivity contribution in [2.45, 2.75) is 36.9 Å². The van der Waals surface area contributed by atoms with Crippen LogP contribution in [0.3, 0.4) is 0 Å².